The third kappa shape index (κ3) is 2.94. The van der Waals surface area contributed by atoms with Crippen molar-refractivity contribution >= 4 is 23.0 Å². The molecule has 3 aromatic rings. The normalized spacial score (nSPS) is 19.0. The van der Waals surface area contributed by atoms with Crippen LogP contribution in [0.25, 0.3) is 16.9 Å². The molecule has 1 aromatic carbocycles. The molecule has 1 aliphatic rings. The Balaban J connectivity index is 1.60. The molecule has 0 fully saturated rings. The Morgan fingerprint density at radius 1 is 1.31 bits per heavy atom. The number of nitrogens with zero attached hydrogens (tertiary/aromatic N) is 5. The lowest BCUT2D eigenvalue weighted by molar-refractivity contribution is -0.120. The Morgan fingerprint density at radius 2 is 2.12 bits per heavy atom. The van der Waals surface area contributed by atoms with Crippen LogP contribution in [0, 0.1) is 5.92 Å². The minimum absolute atomic E-state index is 0.0460. The predicted octanol–water partition coefficient (Wildman–Crippen LogP) is 1.06. The van der Waals surface area contributed by atoms with Gasteiger partial charge in [0.2, 0.25) is 11.9 Å². The zero-order valence-electron chi connectivity index (χ0n) is 14.0. The third-order valence-electron chi connectivity index (χ3n) is 4.27. The average Bonchev–Trinajstić information content (AvgIpc) is 3.29. The molecule has 1 amide bonds. The van der Waals surface area contributed by atoms with Gasteiger partial charge in [0.1, 0.15) is 5.75 Å². The van der Waals surface area contributed by atoms with Crippen molar-refractivity contribution in [2.45, 2.75) is 12.5 Å². The maximum atomic E-state index is 11.3. The molecular weight excluding hydrogens is 334 g/mol. The van der Waals surface area contributed by atoms with Gasteiger partial charge in [0.05, 0.1) is 24.9 Å². The molecule has 3 N–H and O–H groups in total. The van der Waals surface area contributed by atoms with Gasteiger partial charge in [-0.15, -0.1) is 5.10 Å². The number of benzene rings is 1. The van der Waals surface area contributed by atoms with Gasteiger partial charge in [0.25, 0.3) is 0 Å². The zero-order valence-corrected chi connectivity index (χ0v) is 14.0. The number of rotatable bonds is 5. The number of carbonyl (C=O) groups is 1. The SMILES string of the molecule is COc1ccc(-n2nnc3cnc(N[C@@H]4C=C[C@H](C(N)=O)C4)nc32)cc1. The molecule has 26 heavy (non-hydrogen) atoms. The van der Waals surface area contributed by atoms with Crippen LogP contribution in [0.15, 0.2) is 42.6 Å². The van der Waals surface area contributed by atoms with Crippen molar-refractivity contribution in [2.24, 2.45) is 11.7 Å². The highest BCUT2D eigenvalue weighted by molar-refractivity contribution is 5.79. The Labute approximate surface area is 148 Å². The summed E-state index contributed by atoms with van der Waals surface area (Å²) in [6.45, 7) is 0. The molecule has 132 valence electrons. The molecule has 9 nitrogen and oxygen atoms in total. The smallest absolute Gasteiger partial charge is 0.225 e. The number of aromatic nitrogens is 5. The summed E-state index contributed by atoms with van der Waals surface area (Å²) in [5, 5.41) is 11.4. The van der Waals surface area contributed by atoms with Crippen LogP contribution in [0.2, 0.25) is 0 Å². The summed E-state index contributed by atoms with van der Waals surface area (Å²) in [6, 6.07) is 7.39. The van der Waals surface area contributed by atoms with E-state index in [0.29, 0.717) is 23.5 Å². The molecule has 2 aromatic heterocycles. The number of ether oxygens (including phenoxy) is 1. The number of hydrogen-bond donors (Lipinski definition) is 2. The van der Waals surface area contributed by atoms with Gasteiger partial charge >= 0.3 is 0 Å². The fraction of sp³-hybridized carbons (Fsp3) is 0.235. The van der Waals surface area contributed by atoms with Crippen molar-refractivity contribution < 1.29 is 9.53 Å². The lowest BCUT2D eigenvalue weighted by Gasteiger charge is -2.12. The van der Waals surface area contributed by atoms with Crippen LogP contribution >= 0.6 is 0 Å². The van der Waals surface area contributed by atoms with Crippen molar-refractivity contribution in [3.05, 3.63) is 42.6 Å². The minimum Gasteiger partial charge on any atom is -0.497 e. The highest BCUT2D eigenvalue weighted by Gasteiger charge is 2.23. The summed E-state index contributed by atoms with van der Waals surface area (Å²) in [6.07, 6.45) is 5.92. The second kappa shape index (κ2) is 6.43. The van der Waals surface area contributed by atoms with Crippen LogP contribution in [0.1, 0.15) is 6.42 Å². The second-order valence-electron chi connectivity index (χ2n) is 5.98. The molecule has 0 radical (unpaired) electrons. The predicted molar refractivity (Wildman–Crippen MR) is 94.9 cm³/mol. The summed E-state index contributed by atoms with van der Waals surface area (Å²) in [4.78, 5) is 20.1. The van der Waals surface area contributed by atoms with Crippen LogP contribution in [-0.2, 0) is 4.79 Å². The molecule has 9 heteroatoms. The van der Waals surface area contributed by atoms with Crippen LogP contribution < -0.4 is 15.8 Å². The summed E-state index contributed by atoms with van der Waals surface area (Å²) >= 11 is 0. The number of anilines is 1. The summed E-state index contributed by atoms with van der Waals surface area (Å²) < 4.78 is 6.81. The maximum Gasteiger partial charge on any atom is 0.225 e. The summed E-state index contributed by atoms with van der Waals surface area (Å²) in [5.74, 6) is 0.605. The molecule has 0 aliphatic heterocycles. The summed E-state index contributed by atoms with van der Waals surface area (Å²) in [7, 11) is 1.62. The van der Waals surface area contributed by atoms with Gasteiger partial charge in [0, 0.05) is 6.04 Å². The molecule has 0 saturated carbocycles. The van der Waals surface area contributed by atoms with E-state index in [1.54, 1.807) is 18.0 Å². The Bertz CT molecular complexity index is 980. The van der Waals surface area contributed by atoms with E-state index in [1.165, 1.54) is 0 Å². The Hall–Kier alpha value is -3.49. The van der Waals surface area contributed by atoms with Crippen molar-refractivity contribution in [2.75, 3.05) is 12.4 Å². The first-order chi connectivity index (χ1) is 12.6. The van der Waals surface area contributed by atoms with Gasteiger partial charge in [0.15, 0.2) is 11.2 Å². The molecule has 1 aliphatic carbocycles. The first kappa shape index (κ1) is 16.0. The number of fused-ring (bicyclic) bond motifs is 1. The topological polar surface area (TPSA) is 121 Å². The second-order valence-corrected chi connectivity index (χ2v) is 5.98. The Kier molecular flexibility index (Phi) is 3.96. The number of hydrogen-bond acceptors (Lipinski definition) is 7. The van der Waals surface area contributed by atoms with Gasteiger partial charge in [-0.2, -0.15) is 9.67 Å². The van der Waals surface area contributed by atoms with Gasteiger partial charge in [-0.05, 0) is 30.7 Å². The van der Waals surface area contributed by atoms with E-state index in [4.69, 9.17) is 10.5 Å². The first-order valence-corrected chi connectivity index (χ1v) is 8.11. The summed E-state index contributed by atoms with van der Waals surface area (Å²) in [5.41, 5.74) is 7.32. The lowest BCUT2D eigenvalue weighted by atomic mass is 10.1. The quantitative estimate of drug-likeness (QED) is 0.659. The van der Waals surface area contributed by atoms with Crippen molar-refractivity contribution in [1.29, 1.82) is 0 Å². The average molecular weight is 351 g/mol. The van der Waals surface area contributed by atoms with Crippen LogP contribution in [0.4, 0.5) is 5.95 Å². The molecular formula is C17H17N7O2. The van der Waals surface area contributed by atoms with E-state index < -0.39 is 0 Å². The molecule has 0 unspecified atom stereocenters. The standard InChI is InChI=1S/C17H17N7O2/c1-26-13-6-4-12(5-7-13)24-16-14(22-23-24)9-19-17(21-16)20-11-3-2-10(8-11)15(18)25/h2-7,9-11H,8H2,1H3,(H2,18,25)(H,19,20,21)/t10-,11+/m0/s1. The fourth-order valence-electron chi connectivity index (χ4n) is 2.88. The number of nitrogens with two attached hydrogens (primary N) is 1. The van der Waals surface area contributed by atoms with Crippen LogP contribution in [0.3, 0.4) is 0 Å². The fourth-order valence-corrected chi connectivity index (χ4v) is 2.88. The largest absolute Gasteiger partial charge is 0.497 e. The molecule has 2 atom stereocenters. The molecule has 0 spiro atoms. The van der Waals surface area contributed by atoms with Gasteiger partial charge in [-0.25, -0.2) is 4.98 Å². The van der Waals surface area contributed by atoms with Gasteiger partial charge < -0.3 is 15.8 Å². The van der Waals surface area contributed by atoms with E-state index in [0.717, 1.165) is 11.4 Å². The van der Waals surface area contributed by atoms with Crippen molar-refractivity contribution in [1.82, 2.24) is 25.0 Å². The van der Waals surface area contributed by atoms with Gasteiger partial charge in [-0.3, -0.25) is 4.79 Å². The van der Waals surface area contributed by atoms with E-state index >= 15 is 0 Å². The van der Waals surface area contributed by atoms with Crippen LogP contribution in [-0.4, -0.2) is 44.0 Å². The third-order valence-corrected chi connectivity index (χ3v) is 4.27. The van der Waals surface area contributed by atoms with Crippen LogP contribution in [0.5, 0.6) is 5.75 Å². The number of amides is 1. The Morgan fingerprint density at radius 3 is 2.81 bits per heavy atom. The van der Waals surface area contributed by atoms with E-state index in [1.807, 2.05) is 36.4 Å². The maximum absolute atomic E-state index is 11.3. The lowest BCUT2D eigenvalue weighted by Crippen LogP contribution is -2.24. The number of methoxy groups -OCH3 is 1. The number of primary amides is 1. The monoisotopic (exact) mass is 351 g/mol. The minimum atomic E-state index is -0.330. The van der Waals surface area contributed by atoms with Crippen molar-refractivity contribution in [3.63, 3.8) is 0 Å². The van der Waals surface area contributed by atoms with Crippen molar-refractivity contribution in [3.8, 4) is 11.4 Å². The molecule has 2 heterocycles. The number of carbonyl (C=O) groups excluding carboxylic acids is 1. The highest BCUT2D eigenvalue weighted by Crippen LogP contribution is 2.22. The van der Waals surface area contributed by atoms with E-state index in [-0.39, 0.29) is 17.9 Å². The van der Waals surface area contributed by atoms with E-state index in [9.17, 15) is 4.79 Å². The first-order valence-electron chi connectivity index (χ1n) is 8.11. The van der Waals surface area contributed by atoms with Gasteiger partial charge in [-0.1, -0.05) is 17.4 Å². The molecule has 0 saturated heterocycles. The highest BCUT2D eigenvalue weighted by atomic mass is 16.5. The molecule has 0 bridgehead atoms. The zero-order chi connectivity index (χ0) is 18.1. The number of nitrogens with one attached hydrogen (secondary N) is 1. The van der Waals surface area contributed by atoms with E-state index in [2.05, 4.69) is 25.6 Å². The molecule has 4 rings (SSSR count).